The summed E-state index contributed by atoms with van der Waals surface area (Å²) in [5, 5.41) is 4.68. The van der Waals surface area contributed by atoms with E-state index in [0.29, 0.717) is 28.9 Å². The topological polar surface area (TPSA) is 108 Å². The summed E-state index contributed by atoms with van der Waals surface area (Å²) < 4.78 is 47.6. The highest BCUT2D eigenvalue weighted by atomic mass is 19.2. The monoisotopic (exact) mass is 530 g/mol. The van der Waals surface area contributed by atoms with Crippen LogP contribution < -0.4 is 10.6 Å². The van der Waals surface area contributed by atoms with Crippen LogP contribution in [-0.2, 0) is 26.3 Å². The molecule has 38 heavy (non-hydrogen) atoms. The molecule has 5 amide bonds. The summed E-state index contributed by atoms with van der Waals surface area (Å²) in [7, 11) is 1.38. The van der Waals surface area contributed by atoms with Gasteiger partial charge in [0, 0.05) is 25.1 Å². The normalized spacial score (nSPS) is 24.1. The molecule has 2 aromatic carbocycles. The summed E-state index contributed by atoms with van der Waals surface area (Å²) in [5.41, 5.74) is -0.751. The van der Waals surface area contributed by atoms with E-state index < -0.39 is 59.6 Å². The van der Waals surface area contributed by atoms with Crippen molar-refractivity contribution in [2.75, 3.05) is 18.9 Å². The van der Waals surface area contributed by atoms with E-state index >= 15 is 0 Å². The van der Waals surface area contributed by atoms with Crippen LogP contribution in [-0.4, -0.2) is 53.4 Å². The number of nitrogens with one attached hydrogen (secondary N) is 2. The van der Waals surface area contributed by atoms with Crippen molar-refractivity contribution in [2.45, 2.75) is 50.3 Å². The molecule has 0 bridgehead atoms. The standard InChI is InChI=1S/C26H25F3N4O5/c1-13-3-6-21(15-4-5-17(27)18(28)9-15)33(13)22(34)12-32-23(35)26(38-25(32)37)8-7-14-10-20(31-24(36)30-2)19(29)11-16(14)26/h4-5,9-11,13,21H,3,6-8,12H2,1-2H3,(H2,30,31,36)/t13-,21-,26?/m0/s1. The molecule has 1 unspecified atom stereocenters. The number of anilines is 1. The summed E-state index contributed by atoms with van der Waals surface area (Å²) >= 11 is 0. The Morgan fingerprint density at radius 2 is 1.84 bits per heavy atom. The minimum Gasteiger partial charge on any atom is -0.427 e. The first-order chi connectivity index (χ1) is 18.1. The fourth-order valence-corrected chi connectivity index (χ4v) is 5.61. The molecular weight excluding hydrogens is 505 g/mol. The van der Waals surface area contributed by atoms with E-state index in [4.69, 9.17) is 4.74 Å². The molecule has 2 fully saturated rings. The van der Waals surface area contributed by atoms with E-state index in [1.165, 1.54) is 24.1 Å². The third-order valence-corrected chi connectivity index (χ3v) is 7.50. The number of carbonyl (C=O) groups is 4. The van der Waals surface area contributed by atoms with Crippen LogP contribution in [0.1, 0.15) is 48.9 Å². The lowest BCUT2D eigenvalue weighted by Crippen LogP contribution is -2.46. The van der Waals surface area contributed by atoms with Gasteiger partial charge < -0.3 is 20.3 Å². The Labute approximate surface area is 215 Å². The van der Waals surface area contributed by atoms with Crippen LogP contribution in [0.2, 0.25) is 0 Å². The molecule has 200 valence electrons. The Hall–Kier alpha value is -4.09. The number of carbonyl (C=O) groups excluding carboxylic acids is 4. The highest BCUT2D eigenvalue weighted by Gasteiger charge is 2.59. The second kappa shape index (κ2) is 9.34. The molecule has 2 aromatic rings. The molecule has 2 N–H and O–H groups in total. The molecule has 0 aromatic heterocycles. The molecule has 2 saturated heterocycles. The minimum absolute atomic E-state index is 0.0536. The fourth-order valence-electron chi connectivity index (χ4n) is 5.61. The Morgan fingerprint density at radius 3 is 2.55 bits per heavy atom. The molecule has 0 saturated carbocycles. The maximum Gasteiger partial charge on any atom is 0.418 e. The van der Waals surface area contributed by atoms with Gasteiger partial charge in [-0.05, 0) is 61.6 Å². The number of hydrogen-bond donors (Lipinski definition) is 2. The van der Waals surface area contributed by atoms with Gasteiger partial charge in [0.2, 0.25) is 11.5 Å². The van der Waals surface area contributed by atoms with Crippen molar-refractivity contribution in [1.29, 1.82) is 0 Å². The second-order valence-electron chi connectivity index (χ2n) is 9.70. The minimum atomic E-state index is -1.77. The molecule has 12 heteroatoms. The highest BCUT2D eigenvalue weighted by Crippen LogP contribution is 2.47. The number of nitrogens with zero attached hydrogens (tertiary/aromatic N) is 2. The lowest BCUT2D eigenvalue weighted by molar-refractivity contribution is -0.143. The molecule has 1 aliphatic carbocycles. The zero-order valence-electron chi connectivity index (χ0n) is 20.6. The fraction of sp³-hybridized carbons (Fsp3) is 0.385. The first kappa shape index (κ1) is 25.6. The van der Waals surface area contributed by atoms with Crippen LogP contribution in [0.15, 0.2) is 30.3 Å². The van der Waals surface area contributed by atoms with E-state index in [1.54, 1.807) is 6.92 Å². The number of ether oxygens (including phenoxy) is 1. The Morgan fingerprint density at radius 1 is 1.08 bits per heavy atom. The van der Waals surface area contributed by atoms with Gasteiger partial charge in [-0.25, -0.2) is 27.7 Å². The van der Waals surface area contributed by atoms with Crippen LogP contribution >= 0.6 is 0 Å². The number of likely N-dealkylation sites (tertiary alicyclic amines) is 1. The maximum atomic E-state index is 14.8. The van der Waals surface area contributed by atoms with Gasteiger partial charge in [-0.1, -0.05) is 6.07 Å². The predicted octanol–water partition coefficient (Wildman–Crippen LogP) is 3.73. The Balaban J connectivity index is 1.38. The molecule has 0 radical (unpaired) electrons. The van der Waals surface area contributed by atoms with Gasteiger partial charge in [0.25, 0.3) is 5.91 Å². The number of imide groups is 1. The summed E-state index contributed by atoms with van der Waals surface area (Å²) in [5.74, 6) is -4.18. The Bertz CT molecular complexity index is 1370. The summed E-state index contributed by atoms with van der Waals surface area (Å²) in [4.78, 5) is 53.5. The number of urea groups is 1. The summed E-state index contributed by atoms with van der Waals surface area (Å²) in [6.45, 7) is 1.18. The maximum absolute atomic E-state index is 14.8. The van der Waals surface area contributed by atoms with Gasteiger partial charge in [0.05, 0.1) is 11.7 Å². The van der Waals surface area contributed by atoms with Crippen LogP contribution in [0.4, 0.5) is 28.4 Å². The van der Waals surface area contributed by atoms with Gasteiger partial charge in [-0.15, -0.1) is 0 Å². The quantitative estimate of drug-likeness (QED) is 0.627. The lowest BCUT2D eigenvalue weighted by Gasteiger charge is -2.30. The number of halogens is 3. The number of benzene rings is 2. The van der Waals surface area contributed by atoms with Gasteiger partial charge in [-0.2, -0.15) is 0 Å². The van der Waals surface area contributed by atoms with E-state index in [0.717, 1.165) is 18.2 Å². The second-order valence-corrected chi connectivity index (χ2v) is 9.70. The van der Waals surface area contributed by atoms with Crippen molar-refractivity contribution in [3.05, 3.63) is 64.5 Å². The van der Waals surface area contributed by atoms with Crippen LogP contribution in [0.3, 0.4) is 0 Å². The molecule has 9 nitrogen and oxygen atoms in total. The summed E-state index contributed by atoms with van der Waals surface area (Å²) in [6.07, 6.45) is 0.398. The number of aryl methyl sites for hydroxylation is 1. The Kier molecular flexibility index (Phi) is 6.28. The third kappa shape index (κ3) is 4.04. The third-order valence-electron chi connectivity index (χ3n) is 7.50. The molecule has 1 spiro atoms. The lowest BCUT2D eigenvalue weighted by atomic mass is 9.94. The van der Waals surface area contributed by atoms with Crippen LogP contribution in [0, 0.1) is 17.5 Å². The molecule has 2 heterocycles. The van der Waals surface area contributed by atoms with E-state index in [-0.39, 0.29) is 30.1 Å². The van der Waals surface area contributed by atoms with Crippen molar-refractivity contribution in [3.8, 4) is 0 Å². The van der Waals surface area contributed by atoms with E-state index in [2.05, 4.69) is 10.6 Å². The van der Waals surface area contributed by atoms with Crippen molar-refractivity contribution in [3.63, 3.8) is 0 Å². The van der Waals surface area contributed by atoms with Gasteiger partial charge in [-0.3, -0.25) is 9.59 Å². The molecule has 2 aliphatic heterocycles. The zero-order valence-corrected chi connectivity index (χ0v) is 20.6. The number of amides is 5. The number of hydrogen-bond acceptors (Lipinski definition) is 5. The molecule has 3 aliphatic rings. The van der Waals surface area contributed by atoms with Gasteiger partial charge in [0.1, 0.15) is 12.4 Å². The molecule has 3 atom stereocenters. The first-order valence-corrected chi connectivity index (χ1v) is 12.2. The smallest absolute Gasteiger partial charge is 0.418 e. The van der Waals surface area contributed by atoms with Crippen molar-refractivity contribution in [2.24, 2.45) is 0 Å². The largest absolute Gasteiger partial charge is 0.427 e. The zero-order chi connectivity index (χ0) is 27.4. The van der Waals surface area contributed by atoms with Crippen molar-refractivity contribution >= 4 is 29.6 Å². The first-order valence-electron chi connectivity index (χ1n) is 12.2. The van der Waals surface area contributed by atoms with Crippen LogP contribution in [0.25, 0.3) is 0 Å². The predicted molar refractivity (Wildman–Crippen MR) is 127 cm³/mol. The number of fused-ring (bicyclic) bond motifs is 2. The van der Waals surface area contributed by atoms with E-state index in [1.807, 2.05) is 0 Å². The average Bonchev–Trinajstić information content (AvgIpc) is 3.51. The molecular formula is C26H25F3N4O5. The average molecular weight is 531 g/mol. The van der Waals surface area contributed by atoms with Gasteiger partial charge >= 0.3 is 12.1 Å². The van der Waals surface area contributed by atoms with E-state index in [9.17, 15) is 32.3 Å². The van der Waals surface area contributed by atoms with Gasteiger partial charge in [0.15, 0.2) is 11.6 Å². The van der Waals surface area contributed by atoms with Crippen molar-refractivity contribution < 1.29 is 37.1 Å². The summed E-state index contributed by atoms with van der Waals surface area (Å²) in [6, 6.07) is 4.45. The SMILES string of the molecule is CNC(=O)Nc1cc2c(cc1F)C1(CC2)OC(=O)N(CC(=O)N2[C@@H](C)CC[C@H]2c2ccc(F)c(F)c2)C1=O. The number of rotatable bonds is 4. The van der Waals surface area contributed by atoms with Crippen LogP contribution in [0.5, 0.6) is 0 Å². The van der Waals surface area contributed by atoms with Crippen molar-refractivity contribution in [1.82, 2.24) is 15.1 Å². The highest BCUT2D eigenvalue weighted by molar-refractivity contribution is 6.06. The molecule has 5 rings (SSSR count).